The molecule has 4 heteroatoms. The summed E-state index contributed by atoms with van der Waals surface area (Å²) in [7, 11) is 1.81. The molecule has 1 rings (SSSR count). The quantitative estimate of drug-likeness (QED) is 0.616. The number of ether oxygens (including phenoxy) is 2. The molecule has 0 aromatic carbocycles. The molecular formula is C15H32N2O2. The number of methoxy groups -OCH3 is 1. The first-order valence-electron chi connectivity index (χ1n) is 7.87. The highest BCUT2D eigenvalue weighted by molar-refractivity contribution is 4.73. The largest absolute Gasteiger partial charge is 0.381 e. The minimum atomic E-state index is 0.406. The third-order valence-corrected chi connectivity index (χ3v) is 4.04. The Bertz CT molecular complexity index is 210. The van der Waals surface area contributed by atoms with Crippen molar-refractivity contribution in [3.63, 3.8) is 0 Å². The zero-order valence-electron chi connectivity index (χ0n) is 13.0. The fraction of sp³-hybridized carbons (Fsp3) is 1.00. The van der Waals surface area contributed by atoms with E-state index in [0.29, 0.717) is 12.2 Å². The molecule has 0 aromatic heterocycles. The van der Waals surface area contributed by atoms with Crippen LogP contribution in [0.3, 0.4) is 0 Å². The summed E-state index contributed by atoms with van der Waals surface area (Å²) in [5.41, 5.74) is 0. The number of rotatable bonds is 10. The highest BCUT2D eigenvalue weighted by atomic mass is 16.5. The van der Waals surface area contributed by atoms with Crippen LogP contribution in [-0.2, 0) is 9.47 Å². The topological polar surface area (TPSA) is 33.7 Å². The van der Waals surface area contributed by atoms with Crippen molar-refractivity contribution in [3.05, 3.63) is 0 Å². The standard InChI is InChI=1S/C15H32N2O2/c1-4-17(5-2)11-9-16-10-12-19-15-8-6-7-14(13-15)18-3/h14-16H,4-13H2,1-3H3. The maximum atomic E-state index is 5.92. The maximum Gasteiger partial charge on any atom is 0.0600 e. The predicted octanol–water partition coefficient (Wildman–Crippen LogP) is 1.89. The molecule has 1 saturated carbocycles. The van der Waals surface area contributed by atoms with Crippen molar-refractivity contribution < 1.29 is 9.47 Å². The van der Waals surface area contributed by atoms with Gasteiger partial charge in [0.05, 0.1) is 18.8 Å². The maximum absolute atomic E-state index is 5.92. The van der Waals surface area contributed by atoms with Gasteiger partial charge in [-0.05, 0) is 38.8 Å². The van der Waals surface area contributed by atoms with Gasteiger partial charge in [0.2, 0.25) is 0 Å². The molecule has 0 saturated heterocycles. The van der Waals surface area contributed by atoms with Crippen molar-refractivity contribution in [2.75, 3.05) is 46.4 Å². The van der Waals surface area contributed by atoms with Gasteiger partial charge in [0.1, 0.15) is 0 Å². The average molecular weight is 272 g/mol. The lowest BCUT2D eigenvalue weighted by atomic mass is 9.95. The monoisotopic (exact) mass is 272 g/mol. The highest BCUT2D eigenvalue weighted by Crippen LogP contribution is 2.22. The summed E-state index contributed by atoms with van der Waals surface area (Å²) < 4.78 is 11.3. The molecule has 1 aliphatic carbocycles. The van der Waals surface area contributed by atoms with Crippen LogP contribution in [0.1, 0.15) is 39.5 Å². The van der Waals surface area contributed by atoms with Gasteiger partial charge in [-0.15, -0.1) is 0 Å². The Labute approximate surface area is 118 Å². The van der Waals surface area contributed by atoms with Gasteiger partial charge in [-0.2, -0.15) is 0 Å². The third kappa shape index (κ3) is 7.25. The van der Waals surface area contributed by atoms with Crippen LogP contribution in [0, 0.1) is 0 Å². The molecular weight excluding hydrogens is 240 g/mol. The Hall–Kier alpha value is -0.160. The van der Waals surface area contributed by atoms with Crippen LogP contribution in [0.15, 0.2) is 0 Å². The highest BCUT2D eigenvalue weighted by Gasteiger charge is 2.21. The molecule has 19 heavy (non-hydrogen) atoms. The van der Waals surface area contributed by atoms with Gasteiger partial charge in [0.15, 0.2) is 0 Å². The minimum Gasteiger partial charge on any atom is -0.381 e. The van der Waals surface area contributed by atoms with Crippen LogP contribution in [0.2, 0.25) is 0 Å². The Kier molecular flexibility index (Phi) is 9.43. The molecule has 0 bridgehead atoms. The second-order valence-corrected chi connectivity index (χ2v) is 5.29. The van der Waals surface area contributed by atoms with Crippen molar-refractivity contribution in [2.45, 2.75) is 51.7 Å². The van der Waals surface area contributed by atoms with Crippen LogP contribution in [0.5, 0.6) is 0 Å². The number of nitrogens with zero attached hydrogens (tertiary/aromatic N) is 1. The molecule has 0 radical (unpaired) electrons. The number of hydrogen-bond acceptors (Lipinski definition) is 4. The fourth-order valence-corrected chi connectivity index (χ4v) is 2.67. The second-order valence-electron chi connectivity index (χ2n) is 5.29. The second kappa shape index (κ2) is 10.6. The van der Waals surface area contributed by atoms with Gasteiger partial charge in [0.25, 0.3) is 0 Å². The lowest BCUT2D eigenvalue weighted by Gasteiger charge is -2.28. The zero-order chi connectivity index (χ0) is 13.9. The van der Waals surface area contributed by atoms with Crippen molar-refractivity contribution in [2.24, 2.45) is 0 Å². The lowest BCUT2D eigenvalue weighted by molar-refractivity contribution is -0.0282. The molecule has 0 spiro atoms. The van der Waals surface area contributed by atoms with Crippen molar-refractivity contribution in [1.82, 2.24) is 10.2 Å². The van der Waals surface area contributed by atoms with Gasteiger partial charge < -0.3 is 19.7 Å². The molecule has 0 heterocycles. The fourth-order valence-electron chi connectivity index (χ4n) is 2.67. The van der Waals surface area contributed by atoms with Crippen LogP contribution >= 0.6 is 0 Å². The number of nitrogens with one attached hydrogen (secondary N) is 1. The van der Waals surface area contributed by atoms with Gasteiger partial charge in [-0.3, -0.25) is 0 Å². The third-order valence-electron chi connectivity index (χ3n) is 4.04. The Morgan fingerprint density at radius 1 is 1.11 bits per heavy atom. The Morgan fingerprint density at radius 2 is 1.84 bits per heavy atom. The van der Waals surface area contributed by atoms with E-state index in [1.54, 1.807) is 0 Å². The normalized spacial score (nSPS) is 24.0. The average Bonchev–Trinajstić information content (AvgIpc) is 2.47. The first kappa shape index (κ1) is 16.9. The van der Waals surface area contributed by atoms with Crippen molar-refractivity contribution in [1.29, 1.82) is 0 Å². The molecule has 0 aromatic rings. The van der Waals surface area contributed by atoms with Gasteiger partial charge in [-0.1, -0.05) is 13.8 Å². The van der Waals surface area contributed by atoms with Crippen LogP contribution in [-0.4, -0.2) is 63.5 Å². The summed E-state index contributed by atoms with van der Waals surface area (Å²) in [4.78, 5) is 2.43. The summed E-state index contributed by atoms with van der Waals surface area (Å²) in [6.07, 6.45) is 5.50. The SMILES string of the molecule is CCN(CC)CCNCCOC1CCCC(OC)C1. The minimum absolute atomic E-state index is 0.406. The first-order chi connectivity index (χ1) is 9.30. The van der Waals surface area contributed by atoms with E-state index in [-0.39, 0.29) is 0 Å². The zero-order valence-corrected chi connectivity index (χ0v) is 13.0. The van der Waals surface area contributed by atoms with E-state index < -0.39 is 0 Å². The van der Waals surface area contributed by atoms with E-state index in [0.717, 1.165) is 45.8 Å². The van der Waals surface area contributed by atoms with Gasteiger partial charge in [-0.25, -0.2) is 0 Å². The summed E-state index contributed by atoms with van der Waals surface area (Å²) >= 11 is 0. The first-order valence-corrected chi connectivity index (χ1v) is 7.87. The molecule has 2 atom stereocenters. The smallest absolute Gasteiger partial charge is 0.0600 e. The molecule has 1 fully saturated rings. The molecule has 0 amide bonds. The number of hydrogen-bond donors (Lipinski definition) is 1. The number of likely N-dealkylation sites (N-methyl/N-ethyl adjacent to an activating group) is 1. The van der Waals surface area contributed by atoms with Crippen molar-refractivity contribution >= 4 is 0 Å². The molecule has 0 aliphatic heterocycles. The van der Waals surface area contributed by atoms with Crippen LogP contribution in [0.4, 0.5) is 0 Å². The molecule has 4 nitrogen and oxygen atoms in total. The van der Waals surface area contributed by atoms with Crippen molar-refractivity contribution in [3.8, 4) is 0 Å². The molecule has 114 valence electrons. The molecule has 2 unspecified atom stereocenters. The van der Waals surface area contributed by atoms with E-state index in [1.165, 1.54) is 19.3 Å². The summed E-state index contributed by atoms with van der Waals surface area (Å²) in [6, 6.07) is 0. The van der Waals surface area contributed by atoms with Crippen LogP contribution < -0.4 is 5.32 Å². The summed E-state index contributed by atoms with van der Waals surface area (Å²) in [5.74, 6) is 0. The van der Waals surface area contributed by atoms with E-state index >= 15 is 0 Å². The Balaban J connectivity index is 1.95. The molecule has 1 N–H and O–H groups in total. The molecule has 1 aliphatic rings. The Morgan fingerprint density at radius 3 is 2.53 bits per heavy atom. The van der Waals surface area contributed by atoms with Crippen LogP contribution in [0.25, 0.3) is 0 Å². The van der Waals surface area contributed by atoms with Gasteiger partial charge >= 0.3 is 0 Å². The lowest BCUT2D eigenvalue weighted by Crippen LogP contribution is -2.34. The predicted molar refractivity (Wildman–Crippen MR) is 79.7 cm³/mol. The van der Waals surface area contributed by atoms with E-state index in [1.807, 2.05) is 7.11 Å². The van der Waals surface area contributed by atoms with E-state index in [2.05, 4.69) is 24.1 Å². The van der Waals surface area contributed by atoms with E-state index in [4.69, 9.17) is 9.47 Å². The summed E-state index contributed by atoms with van der Waals surface area (Å²) in [6.45, 7) is 10.6. The summed E-state index contributed by atoms with van der Waals surface area (Å²) in [5, 5.41) is 3.45. The van der Waals surface area contributed by atoms with E-state index in [9.17, 15) is 0 Å². The van der Waals surface area contributed by atoms with Gasteiger partial charge in [0, 0.05) is 26.7 Å².